The van der Waals surface area contributed by atoms with Crippen LogP contribution >= 0.6 is 0 Å². The smallest absolute Gasteiger partial charge is 0.263 e. The van der Waals surface area contributed by atoms with Crippen LogP contribution in [0.25, 0.3) is 11.5 Å². The number of Topliss-reactive ketones (excluding diaryl/α,β-unsaturated/α-hetero) is 1. The molecule has 0 amide bonds. The van der Waals surface area contributed by atoms with Gasteiger partial charge in [0.25, 0.3) is 11.4 Å². The van der Waals surface area contributed by atoms with Crippen molar-refractivity contribution in [3.63, 3.8) is 0 Å². The van der Waals surface area contributed by atoms with Gasteiger partial charge in [0.1, 0.15) is 5.56 Å². The first-order valence-corrected chi connectivity index (χ1v) is 8.00. The third-order valence-electron chi connectivity index (χ3n) is 4.85. The van der Waals surface area contributed by atoms with E-state index in [-0.39, 0.29) is 22.8 Å². The number of carbonyl (C=O) groups excluding carboxylic acids is 1. The highest BCUT2D eigenvalue weighted by Gasteiger charge is 2.36. The Bertz CT molecular complexity index is 830. The molecular weight excluding hydrogens is 296 g/mol. The summed E-state index contributed by atoms with van der Waals surface area (Å²) in [4.78, 5) is 31.4. The zero-order chi connectivity index (χ0) is 16.0. The van der Waals surface area contributed by atoms with Gasteiger partial charge in [0, 0.05) is 17.7 Å². The van der Waals surface area contributed by atoms with Crippen molar-refractivity contribution < 1.29 is 9.32 Å². The zero-order valence-electron chi connectivity index (χ0n) is 12.7. The van der Waals surface area contributed by atoms with Gasteiger partial charge in [-0.1, -0.05) is 18.0 Å². The van der Waals surface area contributed by atoms with Crippen LogP contribution in [0.1, 0.15) is 60.4 Å². The molecule has 0 unspecified atom stereocenters. The van der Waals surface area contributed by atoms with E-state index in [0.29, 0.717) is 29.9 Å². The van der Waals surface area contributed by atoms with Crippen LogP contribution in [-0.4, -0.2) is 20.9 Å². The van der Waals surface area contributed by atoms with Gasteiger partial charge in [-0.05, 0) is 31.7 Å². The zero-order valence-corrected chi connectivity index (χ0v) is 12.7. The van der Waals surface area contributed by atoms with Crippen molar-refractivity contribution in [3.8, 4) is 11.5 Å². The fraction of sp³-hybridized carbons (Fsp3) is 0.500. The van der Waals surface area contributed by atoms with E-state index < -0.39 is 5.54 Å². The fourth-order valence-electron chi connectivity index (χ4n) is 3.50. The lowest BCUT2D eigenvalue weighted by Gasteiger charge is -2.17. The van der Waals surface area contributed by atoms with E-state index in [9.17, 15) is 9.59 Å². The monoisotopic (exact) mass is 314 g/mol. The molecule has 2 heterocycles. The molecule has 3 N–H and O–H groups in total. The summed E-state index contributed by atoms with van der Waals surface area (Å²) >= 11 is 0. The van der Waals surface area contributed by atoms with Crippen LogP contribution in [-0.2, 0) is 12.0 Å². The van der Waals surface area contributed by atoms with Crippen molar-refractivity contribution in [3.05, 3.63) is 33.5 Å². The SMILES string of the molecule is NC1(c2noc(-c3cc4c([nH]c3=O)CCCC4=O)n2)CCCC1. The highest BCUT2D eigenvalue weighted by atomic mass is 16.5. The maximum atomic E-state index is 12.3. The lowest BCUT2D eigenvalue weighted by atomic mass is 9.94. The van der Waals surface area contributed by atoms with Gasteiger partial charge in [-0.25, -0.2) is 0 Å². The molecule has 120 valence electrons. The fourth-order valence-corrected chi connectivity index (χ4v) is 3.50. The number of aromatic nitrogens is 3. The van der Waals surface area contributed by atoms with Crippen molar-refractivity contribution in [2.75, 3.05) is 0 Å². The van der Waals surface area contributed by atoms with Crippen LogP contribution in [0.15, 0.2) is 15.4 Å². The molecule has 1 saturated carbocycles. The topological polar surface area (TPSA) is 115 Å². The summed E-state index contributed by atoms with van der Waals surface area (Å²) in [5.41, 5.74) is 6.91. The number of aryl methyl sites for hydroxylation is 1. The lowest BCUT2D eigenvalue weighted by molar-refractivity contribution is 0.0971. The largest absolute Gasteiger partial charge is 0.334 e. The molecule has 0 aliphatic heterocycles. The second-order valence-corrected chi connectivity index (χ2v) is 6.47. The Labute approximate surface area is 132 Å². The first-order chi connectivity index (χ1) is 11.1. The standard InChI is InChI=1S/C16H18N4O3/c17-16(6-1-2-7-16)15-19-14(23-20-15)10-8-9-11(18-13(10)22)4-3-5-12(9)21/h8H,1-7,17H2,(H,18,22). The second-order valence-electron chi connectivity index (χ2n) is 6.47. The maximum Gasteiger partial charge on any atom is 0.263 e. The molecule has 2 aliphatic carbocycles. The first-order valence-electron chi connectivity index (χ1n) is 8.00. The number of pyridine rings is 1. The van der Waals surface area contributed by atoms with Crippen LogP contribution in [0.2, 0.25) is 0 Å². The van der Waals surface area contributed by atoms with Crippen LogP contribution in [0.3, 0.4) is 0 Å². The average molecular weight is 314 g/mol. The number of hydrogen-bond acceptors (Lipinski definition) is 6. The van der Waals surface area contributed by atoms with Crippen molar-refractivity contribution >= 4 is 5.78 Å². The Hall–Kier alpha value is -2.28. The van der Waals surface area contributed by atoms with E-state index in [0.717, 1.165) is 32.1 Å². The van der Waals surface area contributed by atoms with E-state index >= 15 is 0 Å². The van der Waals surface area contributed by atoms with E-state index in [1.165, 1.54) is 0 Å². The van der Waals surface area contributed by atoms with Crippen molar-refractivity contribution in [2.24, 2.45) is 5.73 Å². The maximum absolute atomic E-state index is 12.3. The number of nitrogens with two attached hydrogens (primary N) is 1. The molecule has 1 fully saturated rings. The Morgan fingerprint density at radius 3 is 2.70 bits per heavy atom. The molecular formula is C16H18N4O3. The number of H-pyrrole nitrogens is 1. The predicted molar refractivity (Wildman–Crippen MR) is 82.0 cm³/mol. The molecule has 0 aromatic carbocycles. The molecule has 4 rings (SSSR count). The lowest BCUT2D eigenvalue weighted by Crippen LogP contribution is -2.34. The highest BCUT2D eigenvalue weighted by molar-refractivity contribution is 5.98. The average Bonchev–Trinajstić information content (AvgIpc) is 3.17. The summed E-state index contributed by atoms with van der Waals surface area (Å²) in [6, 6.07) is 1.57. The minimum atomic E-state index is -0.571. The van der Waals surface area contributed by atoms with Gasteiger partial charge in [-0.2, -0.15) is 4.98 Å². The van der Waals surface area contributed by atoms with Gasteiger partial charge < -0.3 is 15.2 Å². The molecule has 0 bridgehead atoms. The van der Waals surface area contributed by atoms with Gasteiger partial charge >= 0.3 is 0 Å². The minimum absolute atomic E-state index is 0.0366. The van der Waals surface area contributed by atoms with Crippen LogP contribution in [0.4, 0.5) is 0 Å². The summed E-state index contributed by atoms with van der Waals surface area (Å²) in [5.74, 6) is 0.599. The van der Waals surface area contributed by atoms with E-state index in [2.05, 4.69) is 15.1 Å². The predicted octanol–water partition coefficient (Wildman–Crippen LogP) is 1.67. The highest BCUT2D eigenvalue weighted by Crippen LogP contribution is 2.35. The summed E-state index contributed by atoms with van der Waals surface area (Å²) in [7, 11) is 0. The summed E-state index contributed by atoms with van der Waals surface area (Å²) in [6.45, 7) is 0. The molecule has 0 spiro atoms. The number of nitrogens with one attached hydrogen (secondary N) is 1. The minimum Gasteiger partial charge on any atom is -0.334 e. The molecule has 2 aromatic rings. The molecule has 2 aliphatic rings. The quantitative estimate of drug-likeness (QED) is 0.871. The molecule has 23 heavy (non-hydrogen) atoms. The number of fused-ring (bicyclic) bond motifs is 1. The van der Waals surface area contributed by atoms with E-state index in [4.69, 9.17) is 10.3 Å². The normalized spacial score (nSPS) is 19.8. The Kier molecular flexibility index (Phi) is 3.19. The molecule has 0 saturated heterocycles. The number of hydrogen-bond donors (Lipinski definition) is 2. The molecule has 0 atom stereocenters. The summed E-state index contributed by atoms with van der Waals surface area (Å²) in [6.07, 6.45) is 5.66. The van der Waals surface area contributed by atoms with Crippen molar-refractivity contribution in [1.82, 2.24) is 15.1 Å². The number of rotatable bonds is 2. The number of ketones is 1. The van der Waals surface area contributed by atoms with E-state index in [1.807, 2.05) is 0 Å². The number of carbonyl (C=O) groups is 1. The van der Waals surface area contributed by atoms with Gasteiger partial charge in [0.15, 0.2) is 11.6 Å². The third-order valence-corrected chi connectivity index (χ3v) is 4.85. The number of aromatic amines is 1. The van der Waals surface area contributed by atoms with Gasteiger partial charge in [-0.15, -0.1) is 0 Å². The van der Waals surface area contributed by atoms with Crippen LogP contribution in [0, 0.1) is 0 Å². The Balaban J connectivity index is 1.77. The summed E-state index contributed by atoms with van der Waals surface area (Å²) in [5, 5.41) is 3.97. The molecule has 2 aromatic heterocycles. The van der Waals surface area contributed by atoms with Gasteiger partial charge in [0.2, 0.25) is 0 Å². The third kappa shape index (κ3) is 2.31. The number of nitrogens with zero attached hydrogens (tertiary/aromatic N) is 2. The molecule has 7 heteroatoms. The Morgan fingerprint density at radius 1 is 1.13 bits per heavy atom. The second kappa shape index (κ2) is 5.13. The van der Waals surface area contributed by atoms with Gasteiger partial charge in [0.05, 0.1) is 5.54 Å². The van der Waals surface area contributed by atoms with Crippen molar-refractivity contribution in [1.29, 1.82) is 0 Å². The summed E-state index contributed by atoms with van der Waals surface area (Å²) < 4.78 is 5.26. The molecule has 7 nitrogen and oxygen atoms in total. The van der Waals surface area contributed by atoms with Crippen LogP contribution in [0.5, 0.6) is 0 Å². The first kappa shape index (κ1) is 14.3. The van der Waals surface area contributed by atoms with Crippen molar-refractivity contribution in [2.45, 2.75) is 50.5 Å². The Morgan fingerprint density at radius 2 is 1.91 bits per heavy atom. The van der Waals surface area contributed by atoms with Crippen LogP contribution < -0.4 is 11.3 Å². The van der Waals surface area contributed by atoms with E-state index in [1.54, 1.807) is 6.07 Å². The van der Waals surface area contributed by atoms with Gasteiger partial charge in [-0.3, -0.25) is 9.59 Å². The molecule has 0 radical (unpaired) electrons.